The zero-order valence-corrected chi connectivity index (χ0v) is 27.7. The minimum Gasteiger partial charge on any atom is -0.415 e. The van der Waals surface area contributed by atoms with Gasteiger partial charge in [-0.05, 0) is 43.7 Å². The number of aromatic nitrogens is 3. The second-order valence-electron chi connectivity index (χ2n) is 10.9. The lowest BCUT2D eigenvalue weighted by Gasteiger charge is -2.28. The van der Waals surface area contributed by atoms with Crippen LogP contribution in [0.1, 0.15) is 42.4 Å². The number of hydrogen-bond acceptors (Lipinski definition) is 9. The van der Waals surface area contributed by atoms with Crippen molar-refractivity contribution in [1.82, 2.24) is 30.9 Å². The molecule has 0 aliphatic heterocycles. The second kappa shape index (κ2) is 16.8. The van der Waals surface area contributed by atoms with Gasteiger partial charge in [-0.1, -0.05) is 71.9 Å². The molecule has 1 heterocycles. The molecule has 0 fully saturated rings. The maximum Gasteiger partial charge on any atom is 0.453 e. The molecule has 4 atom stereocenters. The molecule has 1 aromatic heterocycles. The molecular weight excluding hydrogens is 649 g/mol. The van der Waals surface area contributed by atoms with E-state index < -0.39 is 55.1 Å². The van der Waals surface area contributed by atoms with Gasteiger partial charge in [0.2, 0.25) is 17.7 Å². The maximum atomic E-state index is 14.7. The molecule has 0 spiro atoms. The van der Waals surface area contributed by atoms with E-state index in [2.05, 4.69) is 32.2 Å². The fourth-order valence-electron chi connectivity index (χ4n) is 4.43. The Morgan fingerprint density at radius 1 is 0.857 bits per heavy atom. The molecule has 0 saturated heterocycles. The van der Waals surface area contributed by atoms with Crippen molar-refractivity contribution in [2.24, 2.45) is 5.73 Å². The van der Waals surface area contributed by atoms with Crippen LogP contribution < -0.4 is 30.7 Å². The van der Waals surface area contributed by atoms with Crippen LogP contribution >= 0.6 is 7.60 Å². The maximum absolute atomic E-state index is 14.7. The zero-order valence-electron chi connectivity index (χ0n) is 26.8. The van der Waals surface area contributed by atoms with Crippen LogP contribution in [-0.2, 0) is 25.4 Å². The van der Waals surface area contributed by atoms with Crippen LogP contribution in [0.5, 0.6) is 11.5 Å². The first-order valence-corrected chi connectivity index (χ1v) is 16.8. The zero-order chi connectivity index (χ0) is 35.4. The van der Waals surface area contributed by atoms with Gasteiger partial charge >= 0.3 is 7.60 Å². The smallest absolute Gasteiger partial charge is 0.415 e. The van der Waals surface area contributed by atoms with E-state index in [4.69, 9.17) is 21.2 Å². The van der Waals surface area contributed by atoms with Gasteiger partial charge in [-0.3, -0.25) is 19.2 Å². The number of nitrogens with one attached hydrogen (secondary N) is 3. The van der Waals surface area contributed by atoms with E-state index in [0.29, 0.717) is 0 Å². The lowest BCUT2D eigenvalue weighted by molar-refractivity contribution is -0.131. The van der Waals surface area contributed by atoms with Gasteiger partial charge in [0.05, 0.1) is 6.20 Å². The summed E-state index contributed by atoms with van der Waals surface area (Å²) >= 11 is 0. The standard InChI is InChI=1S/C34H36N7O7P/c1-4-14-28(31(35)42)37-32(43)23(2)36-33(44)24(3)41-22-29(39-40-41)34(45)38-30(21-25-15-8-5-9-16-25)49(46,47-26-17-10-6-11-18-26)48-27-19-12-7-13-20-27/h1,5-13,15-20,22-24,28,30H,14,21H2,2-3H3,(H2,35,42)(H,36,44)(H,37,43)(H,38,45)/t23-,24-,28-,30?/m1/s1. The molecule has 15 heteroatoms. The summed E-state index contributed by atoms with van der Waals surface area (Å²) in [6.45, 7) is 2.89. The molecular formula is C34H36N7O7P. The minimum atomic E-state index is -4.22. The van der Waals surface area contributed by atoms with Crippen LogP contribution in [0.15, 0.2) is 97.2 Å². The third-order valence-corrected chi connectivity index (χ3v) is 9.16. The Kier molecular flexibility index (Phi) is 12.3. The minimum absolute atomic E-state index is 0.0639. The van der Waals surface area contributed by atoms with Crippen molar-refractivity contribution >= 4 is 31.2 Å². The van der Waals surface area contributed by atoms with Crippen molar-refractivity contribution in [3.05, 3.63) is 108 Å². The molecule has 0 aliphatic rings. The van der Waals surface area contributed by atoms with Crippen LogP contribution in [0, 0.1) is 12.3 Å². The van der Waals surface area contributed by atoms with Gasteiger partial charge in [-0.2, -0.15) is 0 Å². The number of nitrogens with zero attached hydrogens (tertiary/aromatic N) is 3. The molecule has 49 heavy (non-hydrogen) atoms. The summed E-state index contributed by atoms with van der Waals surface area (Å²) in [5.41, 5.74) is 5.83. The summed E-state index contributed by atoms with van der Waals surface area (Å²) in [6, 6.07) is 22.8. The van der Waals surface area contributed by atoms with Crippen molar-refractivity contribution in [3.8, 4) is 23.8 Å². The van der Waals surface area contributed by atoms with Crippen LogP contribution in [0.2, 0.25) is 0 Å². The van der Waals surface area contributed by atoms with E-state index in [0.717, 1.165) is 10.2 Å². The first kappa shape index (κ1) is 35.9. The Labute approximate surface area is 283 Å². The van der Waals surface area contributed by atoms with Gasteiger partial charge in [-0.15, -0.1) is 17.4 Å². The Bertz CT molecular complexity index is 1790. The fraction of sp³-hybridized carbons (Fsp3) is 0.235. The number of nitrogens with two attached hydrogens (primary N) is 1. The van der Waals surface area contributed by atoms with Gasteiger partial charge < -0.3 is 30.7 Å². The summed E-state index contributed by atoms with van der Waals surface area (Å²) in [4.78, 5) is 50.7. The van der Waals surface area contributed by atoms with Gasteiger partial charge in [0.25, 0.3) is 5.91 Å². The number of hydrogen-bond donors (Lipinski definition) is 4. The number of para-hydroxylation sites is 2. The lowest BCUT2D eigenvalue weighted by Crippen LogP contribution is -2.52. The van der Waals surface area contributed by atoms with Crippen molar-refractivity contribution < 1.29 is 32.8 Å². The van der Waals surface area contributed by atoms with Crippen LogP contribution in [0.3, 0.4) is 0 Å². The number of amides is 4. The molecule has 4 aromatic rings. The van der Waals surface area contributed by atoms with E-state index in [1.54, 1.807) is 60.7 Å². The number of primary amides is 1. The number of rotatable bonds is 16. The number of carbonyl (C=O) groups is 4. The van der Waals surface area contributed by atoms with Gasteiger partial charge in [0.15, 0.2) is 11.5 Å². The SMILES string of the molecule is C#CC[C@@H](NC(=O)[C@@H](C)NC(=O)[C@@H](C)n1cc(C(=O)NC(Cc2ccccc2)P(=O)(Oc2ccccc2)Oc2ccccc2)nn1)C(N)=O. The van der Waals surface area contributed by atoms with Crippen LogP contribution in [0.25, 0.3) is 0 Å². The normalized spacial score (nSPS) is 13.4. The monoisotopic (exact) mass is 685 g/mol. The van der Waals surface area contributed by atoms with Crippen molar-refractivity contribution in [2.45, 2.75) is 50.6 Å². The van der Waals surface area contributed by atoms with E-state index >= 15 is 0 Å². The third-order valence-electron chi connectivity index (χ3n) is 7.16. The average Bonchev–Trinajstić information content (AvgIpc) is 3.59. The summed E-state index contributed by atoms with van der Waals surface area (Å²) in [7, 11) is -4.22. The molecule has 4 rings (SSSR count). The molecule has 0 radical (unpaired) electrons. The number of carbonyl (C=O) groups excluding carboxylic acids is 4. The second-order valence-corrected chi connectivity index (χ2v) is 13.0. The Morgan fingerprint density at radius 2 is 1.41 bits per heavy atom. The highest BCUT2D eigenvalue weighted by Crippen LogP contribution is 2.53. The van der Waals surface area contributed by atoms with Crippen molar-refractivity contribution in [2.75, 3.05) is 0 Å². The Hall–Kier alpha value is -5.93. The quantitative estimate of drug-likeness (QED) is 0.101. The highest BCUT2D eigenvalue weighted by atomic mass is 31.2. The van der Waals surface area contributed by atoms with Crippen LogP contribution in [0.4, 0.5) is 0 Å². The molecule has 3 aromatic carbocycles. The largest absolute Gasteiger partial charge is 0.453 e. The molecule has 5 N–H and O–H groups in total. The lowest BCUT2D eigenvalue weighted by atomic mass is 10.1. The predicted octanol–water partition coefficient (Wildman–Crippen LogP) is 2.99. The fourth-order valence-corrected chi connectivity index (χ4v) is 6.27. The van der Waals surface area contributed by atoms with E-state index in [-0.39, 0.29) is 30.0 Å². The Balaban J connectivity index is 1.53. The first-order chi connectivity index (χ1) is 23.5. The molecule has 254 valence electrons. The molecule has 4 amide bonds. The van der Waals surface area contributed by atoms with Gasteiger partial charge in [0.1, 0.15) is 29.6 Å². The third kappa shape index (κ3) is 10.0. The number of benzene rings is 3. The molecule has 0 aliphatic carbocycles. The average molecular weight is 686 g/mol. The van der Waals surface area contributed by atoms with E-state index in [1.807, 2.05) is 30.3 Å². The van der Waals surface area contributed by atoms with Crippen molar-refractivity contribution in [1.29, 1.82) is 0 Å². The highest BCUT2D eigenvalue weighted by Gasteiger charge is 2.41. The van der Waals surface area contributed by atoms with E-state index in [9.17, 15) is 23.7 Å². The van der Waals surface area contributed by atoms with Gasteiger partial charge in [0, 0.05) is 12.8 Å². The van der Waals surface area contributed by atoms with Crippen molar-refractivity contribution in [3.63, 3.8) is 0 Å². The van der Waals surface area contributed by atoms with Crippen LogP contribution in [-0.4, -0.2) is 56.5 Å². The molecule has 0 saturated carbocycles. The highest BCUT2D eigenvalue weighted by molar-refractivity contribution is 7.55. The number of terminal acetylenes is 1. The molecule has 0 bridgehead atoms. The molecule has 14 nitrogen and oxygen atoms in total. The molecule has 1 unspecified atom stereocenters. The summed E-state index contributed by atoms with van der Waals surface area (Å²) < 4.78 is 27.9. The van der Waals surface area contributed by atoms with E-state index in [1.165, 1.54) is 20.0 Å². The topological polar surface area (TPSA) is 197 Å². The summed E-state index contributed by atoms with van der Waals surface area (Å²) in [5.74, 6) is -1.29. The summed E-state index contributed by atoms with van der Waals surface area (Å²) in [5, 5.41) is 15.5. The predicted molar refractivity (Wildman–Crippen MR) is 180 cm³/mol. The summed E-state index contributed by atoms with van der Waals surface area (Å²) in [6.07, 6.45) is 6.41. The van der Waals surface area contributed by atoms with Gasteiger partial charge in [-0.25, -0.2) is 9.25 Å². The Morgan fingerprint density at radius 3 is 1.94 bits per heavy atom. The first-order valence-electron chi connectivity index (χ1n) is 15.2.